The van der Waals surface area contributed by atoms with E-state index in [1.807, 2.05) is 25.1 Å². The smallest absolute Gasteiger partial charge is 0.129 e. The molecule has 0 radical (unpaired) electrons. The molecular formula is C28H33FN2O2. The van der Waals surface area contributed by atoms with E-state index in [1.54, 1.807) is 13.2 Å². The van der Waals surface area contributed by atoms with E-state index in [0.717, 1.165) is 62.6 Å². The quantitative estimate of drug-likeness (QED) is 0.433. The Balaban J connectivity index is 1.39. The molecule has 3 aromatic rings. The Morgan fingerprint density at radius 3 is 2.27 bits per heavy atom. The summed E-state index contributed by atoms with van der Waals surface area (Å²) in [5.74, 6) is 1.27. The Kier molecular flexibility index (Phi) is 7.97. The van der Waals surface area contributed by atoms with Crippen LogP contribution in [0.3, 0.4) is 0 Å². The number of para-hydroxylation sites is 1. The first kappa shape index (κ1) is 23.3. The summed E-state index contributed by atoms with van der Waals surface area (Å²) in [5, 5.41) is 0. The van der Waals surface area contributed by atoms with Gasteiger partial charge in [0, 0.05) is 51.3 Å². The number of hydrogen-bond acceptors (Lipinski definition) is 4. The number of hydrogen-bond donors (Lipinski definition) is 0. The number of nitrogens with zero attached hydrogens (tertiary/aromatic N) is 2. The number of aryl methyl sites for hydroxylation is 1. The van der Waals surface area contributed by atoms with Gasteiger partial charge in [0.15, 0.2) is 0 Å². The highest BCUT2D eigenvalue weighted by Gasteiger charge is 2.22. The van der Waals surface area contributed by atoms with Gasteiger partial charge >= 0.3 is 0 Å². The first-order valence-electron chi connectivity index (χ1n) is 11.7. The van der Waals surface area contributed by atoms with Crippen molar-refractivity contribution in [2.24, 2.45) is 0 Å². The fourth-order valence-corrected chi connectivity index (χ4v) is 4.42. The molecule has 0 saturated carbocycles. The molecule has 1 fully saturated rings. The molecule has 0 aromatic heterocycles. The van der Waals surface area contributed by atoms with Gasteiger partial charge in [-0.15, -0.1) is 0 Å². The van der Waals surface area contributed by atoms with Crippen molar-refractivity contribution in [3.8, 4) is 11.5 Å². The largest absolute Gasteiger partial charge is 0.496 e. The van der Waals surface area contributed by atoms with E-state index in [2.05, 4.69) is 46.2 Å². The molecule has 1 aliphatic rings. The van der Waals surface area contributed by atoms with Gasteiger partial charge in [0.05, 0.1) is 7.11 Å². The minimum absolute atomic E-state index is 0.173. The van der Waals surface area contributed by atoms with Gasteiger partial charge in [-0.2, -0.15) is 0 Å². The number of methoxy groups -OCH3 is 1. The molecule has 0 bridgehead atoms. The molecule has 33 heavy (non-hydrogen) atoms. The van der Waals surface area contributed by atoms with Gasteiger partial charge in [0.25, 0.3) is 0 Å². The lowest BCUT2D eigenvalue weighted by Gasteiger charge is -2.35. The van der Waals surface area contributed by atoms with Crippen molar-refractivity contribution in [2.45, 2.75) is 26.0 Å². The summed E-state index contributed by atoms with van der Waals surface area (Å²) < 4.78 is 25.7. The first-order valence-corrected chi connectivity index (χ1v) is 11.7. The molecule has 174 valence electrons. The average molecular weight is 449 g/mol. The molecule has 1 aliphatic heterocycles. The molecule has 3 aromatic carbocycles. The molecule has 1 heterocycles. The molecule has 4 nitrogen and oxygen atoms in total. The van der Waals surface area contributed by atoms with Gasteiger partial charge in [-0.1, -0.05) is 48.5 Å². The normalized spacial score (nSPS) is 15.8. The van der Waals surface area contributed by atoms with Crippen LogP contribution in [0, 0.1) is 12.7 Å². The second-order valence-corrected chi connectivity index (χ2v) is 8.65. The van der Waals surface area contributed by atoms with Crippen LogP contribution in [0.5, 0.6) is 11.5 Å². The van der Waals surface area contributed by atoms with Gasteiger partial charge in [-0.25, -0.2) is 4.39 Å². The average Bonchev–Trinajstić information content (AvgIpc) is 2.84. The maximum Gasteiger partial charge on any atom is 0.129 e. The Labute approximate surface area is 196 Å². The molecular weight excluding hydrogens is 415 g/mol. The summed E-state index contributed by atoms with van der Waals surface area (Å²) in [6.07, 6.45) is 0.656. The second kappa shape index (κ2) is 11.3. The Morgan fingerprint density at radius 1 is 0.848 bits per heavy atom. The van der Waals surface area contributed by atoms with Crippen LogP contribution in [0.15, 0.2) is 72.8 Å². The number of rotatable bonds is 9. The lowest BCUT2D eigenvalue weighted by molar-refractivity contribution is 0.106. The van der Waals surface area contributed by atoms with E-state index in [-0.39, 0.29) is 11.9 Å². The van der Waals surface area contributed by atoms with Crippen LogP contribution >= 0.6 is 0 Å². The van der Waals surface area contributed by atoms with E-state index in [9.17, 15) is 4.39 Å². The second-order valence-electron chi connectivity index (χ2n) is 8.65. The predicted octanol–water partition coefficient (Wildman–Crippen LogP) is 5.47. The molecule has 1 saturated heterocycles. The third-order valence-electron chi connectivity index (χ3n) is 6.31. The predicted molar refractivity (Wildman–Crippen MR) is 130 cm³/mol. The van der Waals surface area contributed by atoms with Crippen molar-refractivity contribution in [3.05, 3.63) is 95.3 Å². The zero-order valence-electron chi connectivity index (χ0n) is 19.5. The van der Waals surface area contributed by atoms with Gasteiger partial charge in [0.2, 0.25) is 0 Å². The van der Waals surface area contributed by atoms with E-state index in [1.165, 1.54) is 17.7 Å². The zero-order chi connectivity index (χ0) is 23.0. The van der Waals surface area contributed by atoms with Crippen molar-refractivity contribution in [3.63, 3.8) is 0 Å². The van der Waals surface area contributed by atoms with Crippen LogP contribution in [-0.4, -0.2) is 49.6 Å². The van der Waals surface area contributed by atoms with Crippen molar-refractivity contribution >= 4 is 0 Å². The van der Waals surface area contributed by atoms with Gasteiger partial charge in [-0.3, -0.25) is 4.90 Å². The summed E-state index contributed by atoms with van der Waals surface area (Å²) in [4.78, 5) is 5.02. The molecule has 0 spiro atoms. The Morgan fingerprint density at radius 2 is 1.55 bits per heavy atom. The molecule has 4 rings (SSSR count). The summed E-state index contributed by atoms with van der Waals surface area (Å²) in [7, 11) is 1.69. The van der Waals surface area contributed by atoms with Crippen LogP contribution in [0.2, 0.25) is 0 Å². The Bertz CT molecular complexity index is 1020. The van der Waals surface area contributed by atoms with Gasteiger partial charge < -0.3 is 14.4 Å². The van der Waals surface area contributed by atoms with E-state index < -0.39 is 0 Å². The van der Waals surface area contributed by atoms with Crippen LogP contribution in [-0.2, 0) is 6.54 Å². The van der Waals surface area contributed by atoms with Crippen molar-refractivity contribution < 1.29 is 13.9 Å². The van der Waals surface area contributed by atoms with Crippen LogP contribution < -0.4 is 9.47 Å². The molecule has 1 unspecified atom stereocenters. The SMILES string of the molecule is COc1ccccc1C(CCN1CCN(Cc2ccccc2)CC1)Oc1ccc(F)cc1C. The maximum absolute atomic E-state index is 13.6. The Hall–Kier alpha value is -2.89. The van der Waals surface area contributed by atoms with E-state index in [0.29, 0.717) is 5.75 Å². The van der Waals surface area contributed by atoms with Crippen molar-refractivity contribution in [1.29, 1.82) is 0 Å². The highest BCUT2D eigenvalue weighted by atomic mass is 19.1. The fraction of sp³-hybridized carbons (Fsp3) is 0.357. The minimum atomic E-state index is -0.248. The number of halogens is 1. The molecule has 5 heteroatoms. The lowest BCUT2D eigenvalue weighted by Crippen LogP contribution is -2.46. The van der Waals surface area contributed by atoms with Crippen LogP contribution in [0.25, 0.3) is 0 Å². The van der Waals surface area contributed by atoms with Gasteiger partial charge in [0.1, 0.15) is 23.4 Å². The third kappa shape index (κ3) is 6.34. The fourth-order valence-electron chi connectivity index (χ4n) is 4.42. The highest BCUT2D eigenvalue weighted by Crippen LogP contribution is 2.33. The van der Waals surface area contributed by atoms with Crippen LogP contribution in [0.4, 0.5) is 4.39 Å². The number of benzene rings is 3. The highest BCUT2D eigenvalue weighted by molar-refractivity contribution is 5.38. The van der Waals surface area contributed by atoms with E-state index in [4.69, 9.17) is 9.47 Å². The first-order chi connectivity index (χ1) is 16.1. The minimum Gasteiger partial charge on any atom is -0.496 e. The zero-order valence-corrected chi connectivity index (χ0v) is 19.5. The third-order valence-corrected chi connectivity index (χ3v) is 6.31. The number of ether oxygens (including phenoxy) is 2. The summed E-state index contributed by atoms with van der Waals surface area (Å²) in [6.45, 7) is 8.03. The number of piperazine rings is 1. The van der Waals surface area contributed by atoms with Crippen molar-refractivity contribution in [2.75, 3.05) is 39.8 Å². The summed E-state index contributed by atoms with van der Waals surface area (Å²) in [6, 6.07) is 23.3. The summed E-state index contributed by atoms with van der Waals surface area (Å²) in [5.41, 5.74) is 3.18. The summed E-state index contributed by atoms with van der Waals surface area (Å²) >= 11 is 0. The molecule has 0 amide bonds. The standard InChI is InChI=1S/C28H33FN2O2/c1-22-20-24(29)12-13-26(22)33-28(25-10-6-7-11-27(25)32-2)14-15-30-16-18-31(19-17-30)21-23-8-4-3-5-9-23/h3-13,20,28H,14-19,21H2,1-2H3. The lowest BCUT2D eigenvalue weighted by atomic mass is 10.0. The molecule has 1 atom stereocenters. The molecule has 0 aliphatic carbocycles. The maximum atomic E-state index is 13.6. The molecule has 0 N–H and O–H groups in total. The van der Waals surface area contributed by atoms with Crippen molar-refractivity contribution in [1.82, 2.24) is 9.80 Å². The van der Waals surface area contributed by atoms with E-state index >= 15 is 0 Å². The van der Waals surface area contributed by atoms with Crippen LogP contribution in [0.1, 0.15) is 29.2 Å². The van der Waals surface area contributed by atoms with Gasteiger partial charge in [-0.05, 0) is 42.3 Å². The monoisotopic (exact) mass is 448 g/mol. The topological polar surface area (TPSA) is 24.9 Å².